The van der Waals surface area contributed by atoms with Gasteiger partial charge in [0.25, 0.3) is 0 Å². The van der Waals surface area contributed by atoms with Gasteiger partial charge in [0, 0.05) is 16.6 Å². The molecule has 1 unspecified atom stereocenters. The predicted octanol–water partition coefficient (Wildman–Crippen LogP) is 3.47. The average Bonchev–Trinajstić information content (AvgIpc) is 2.42. The minimum absolute atomic E-state index is 0.136. The van der Waals surface area contributed by atoms with Gasteiger partial charge in [0.15, 0.2) is 0 Å². The van der Waals surface area contributed by atoms with E-state index in [0.29, 0.717) is 0 Å². The highest BCUT2D eigenvalue weighted by Crippen LogP contribution is 2.36. The number of hydrogen-bond acceptors (Lipinski definition) is 2. The maximum absolute atomic E-state index is 6.58. The number of rotatable bonds is 4. The zero-order valence-electron chi connectivity index (χ0n) is 12.0. The molecule has 1 aliphatic rings. The molecule has 3 heteroatoms. The molecule has 1 aromatic rings. The first-order valence-electron chi connectivity index (χ1n) is 7.23. The highest BCUT2D eigenvalue weighted by Gasteiger charge is 2.39. The normalized spacial score (nSPS) is 20.5. The molecule has 2 rings (SSSR count). The van der Waals surface area contributed by atoms with Crippen LogP contribution >= 0.6 is 11.6 Å². The van der Waals surface area contributed by atoms with E-state index in [1.807, 2.05) is 18.2 Å². The zero-order chi connectivity index (χ0) is 13.9. The van der Waals surface area contributed by atoms with Crippen LogP contribution in [-0.2, 0) is 6.42 Å². The van der Waals surface area contributed by atoms with Crippen LogP contribution < -0.4 is 5.73 Å². The maximum Gasteiger partial charge on any atom is 0.0438 e. The summed E-state index contributed by atoms with van der Waals surface area (Å²) in [5.74, 6) is 0. The second kappa shape index (κ2) is 6.25. The van der Waals surface area contributed by atoms with Gasteiger partial charge >= 0.3 is 0 Å². The van der Waals surface area contributed by atoms with E-state index in [-0.39, 0.29) is 11.6 Å². The van der Waals surface area contributed by atoms with E-state index in [4.69, 9.17) is 17.3 Å². The maximum atomic E-state index is 6.58. The van der Waals surface area contributed by atoms with Crippen LogP contribution in [0.4, 0.5) is 0 Å². The van der Waals surface area contributed by atoms with Gasteiger partial charge in [0.05, 0.1) is 0 Å². The van der Waals surface area contributed by atoms with Crippen molar-refractivity contribution in [2.24, 2.45) is 5.73 Å². The van der Waals surface area contributed by atoms with E-state index in [0.717, 1.165) is 11.4 Å². The van der Waals surface area contributed by atoms with Crippen LogP contribution in [0.1, 0.15) is 37.7 Å². The van der Waals surface area contributed by atoms with Crippen molar-refractivity contribution in [3.8, 4) is 0 Å². The van der Waals surface area contributed by atoms with Crippen LogP contribution in [0.2, 0.25) is 5.02 Å². The SMILES string of the molecule is CN(C)C1(C(N)Cc2ccccc2Cl)CCCCC1. The summed E-state index contributed by atoms with van der Waals surface area (Å²) >= 11 is 6.26. The molecule has 0 spiro atoms. The second-order valence-corrected chi connectivity index (χ2v) is 6.37. The first kappa shape index (κ1) is 14.8. The Morgan fingerprint density at radius 3 is 2.42 bits per heavy atom. The van der Waals surface area contributed by atoms with Crippen LogP contribution in [0.15, 0.2) is 24.3 Å². The molecule has 0 aromatic heterocycles. The third-order valence-corrected chi connectivity index (χ3v) is 5.07. The van der Waals surface area contributed by atoms with E-state index >= 15 is 0 Å². The molecule has 1 aromatic carbocycles. The standard InChI is InChI=1S/C16H25ClN2/c1-19(2)16(10-6-3-7-11-16)15(18)12-13-8-4-5-9-14(13)17/h4-5,8-9,15H,3,6-7,10-12,18H2,1-2H3. The van der Waals surface area contributed by atoms with Crippen LogP contribution in [-0.4, -0.2) is 30.6 Å². The monoisotopic (exact) mass is 280 g/mol. The van der Waals surface area contributed by atoms with Crippen molar-refractivity contribution in [1.29, 1.82) is 0 Å². The molecule has 106 valence electrons. The Balaban J connectivity index is 2.16. The van der Waals surface area contributed by atoms with Gasteiger partial charge in [-0.1, -0.05) is 49.1 Å². The molecule has 1 saturated carbocycles. The largest absolute Gasteiger partial charge is 0.326 e. The average molecular weight is 281 g/mol. The molecule has 1 atom stereocenters. The van der Waals surface area contributed by atoms with Crippen molar-refractivity contribution in [2.45, 2.75) is 50.1 Å². The van der Waals surface area contributed by atoms with Gasteiger partial charge in [0.1, 0.15) is 0 Å². The number of halogens is 1. The fourth-order valence-electron chi connectivity index (χ4n) is 3.40. The van der Waals surface area contributed by atoms with Gasteiger partial charge in [0.2, 0.25) is 0 Å². The number of nitrogens with zero attached hydrogens (tertiary/aromatic N) is 1. The quantitative estimate of drug-likeness (QED) is 0.915. The lowest BCUT2D eigenvalue weighted by Gasteiger charge is -2.47. The molecular formula is C16H25ClN2. The fraction of sp³-hybridized carbons (Fsp3) is 0.625. The molecule has 2 nitrogen and oxygen atoms in total. The Bertz CT molecular complexity index is 411. The Kier molecular flexibility index (Phi) is 4.88. The molecule has 0 heterocycles. The first-order valence-corrected chi connectivity index (χ1v) is 7.60. The van der Waals surface area contributed by atoms with E-state index in [2.05, 4.69) is 25.1 Å². The highest BCUT2D eigenvalue weighted by molar-refractivity contribution is 6.31. The summed E-state index contributed by atoms with van der Waals surface area (Å²) in [5, 5.41) is 0.836. The second-order valence-electron chi connectivity index (χ2n) is 5.96. The summed E-state index contributed by atoms with van der Waals surface area (Å²) in [6.45, 7) is 0. The van der Waals surface area contributed by atoms with Gasteiger partial charge in [-0.15, -0.1) is 0 Å². The molecule has 1 aliphatic carbocycles. The summed E-state index contributed by atoms with van der Waals surface area (Å²) < 4.78 is 0. The molecule has 19 heavy (non-hydrogen) atoms. The number of hydrogen-bond donors (Lipinski definition) is 1. The van der Waals surface area contributed by atoms with Gasteiger partial charge in [-0.25, -0.2) is 0 Å². The predicted molar refractivity (Wildman–Crippen MR) is 82.6 cm³/mol. The van der Waals surface area contributed by atoms with E-state index in [1.54, 1.807) is 0 Å². The summed E-state index contributed by atoms with van der Waals surface area (Å²) in [4.78, 5) is 2.34. The van der Waals surface area contributed by atoms with E-state index < -0.39 is 0 Å². The number of nitrogens with two attached hydrogens (primary N) is 1. The summed E-state index contributed by atoms with van der Waals surface area (Å²) in [6, 6.07) is 8.19. The van der Waals surface area contributed by atoms with Crippen molar-refractivity contribution in [1.82, 2.24) is 4.90 Å². The Morgan fingerprint density at radius 2 is 1.84 bits per heavy atom. The van der Waals surface area contributed by atoms with Crippen LogP contribution in [0.5, 0.6) is 0 Å². The lowest BCUT2D eigenvalue weighted by atomic mass is 9.74. The van der Waals surface area contributed by atoms with Crippen LogP contribution in [0.25, 0.3) is 0 Å². The van der Waals surface area contributed by atoms with Gasteiger partial charge in [-0.05, 0) is 45.0 Å². The summed E-state index contributed by atoms with van der Waals surface area (Å²) in [7, 11) is 4.33. The van der Waals surface area contributed by atoms with Gasteiger partial charge < -0.3 is 10.6 Å². The third-order valence-electron chi connectivity index (χ3n) is 4.70. The lowest BCUT2D eigenvalue weighted by molar-refractivity contribution is 0.0716. The lowest BCUT2D eigenvalue weighted by Crippen LogP contribution is -2.59. The molecular weight excluding hydrogens is 256 g/mol. The van der Waals surface area contributed by atoms with Crippen molar-refractivity contribution in [3.05, 3.63) is 34.9 Å². The Labute approximate surface area is 121 Å². The minimum Gasteiger partial charge on any atom is -0.326 e. The molecule has 0 bridgehead atoms. The molecule has 2 N–H and O–H groups in total. The van der Waals surface area contributed by atoms with Crippen molar-refractivity contribution >= 4 is 11.6 Å². The molecule has 0 aliphatic heterocycles. The van der Waals surface area contributed by atoms with Gasteiger partial charge in [-0.2, -0.15) is 0 Å². The summed E-state index contributed by atoms with van der Waals surface area (Å²) in [6.07, 6.45) is 7.17. The smallest absolute Gasteiger partial charge is 0.0438 e. The van der Waals surface area contributed by atoms with E-state index in [9.17, 15) is 0 Å². The van der Waals surface area contributed by atoms with Crippen LogP contribution in [0.3, 0.4) is 0 Å². The highest BCUT2D eigenvalue weighted by atomic mass is 35.5. The molecule has 0 saturated heterocycles. The van der Waals surface area contributed by atoms with Crippen molar-refractivity contribution in [3.63, 3.8) is 0 Å². The van der Waals surface area contributed by atoms with Crippen LogP contribution in [0, 0.1) is 0 Å². The molecule has 0 amide bonds. The Morgan fingerprint density at radius 1 is 1.21 bits per heavy atom. The van der Waals surface area contributed by atoms with E-state index in [1.165, 1.54) is 37.7 Å². The third kappa shape index (κ3) is 3.13. The van der Waals surface area contributed by atoms with Crippen molar-refractivity contribution < 1.29 is 0 Å². The topological polar surface area (TPSA) is 29.3 Å². The molecule has 0 radical (unpaired) electrons. The first-order chi connectivity index (χ1) is 9.06. The molecule has 1 fully saturated rings. The fourth-order valence-corrected chi connectivity index (χ4v) is 3.62. The van der Waals surface area contributed by atoms with Crippen molar-refractivity contribution in [2.75, 3.05) is 14.1 Å². The summed E-state index contributed by atoms with van der Waals surface area (Å²) in [5.41, 5.74) is 7.89. The number of likely N-dealkylation sites (N-methyl/N-ethyl adjacent to an activating group) is 1. The minimum atomic E-state index is 0.136. The zero-order valence-corrected chi connectivity index (χ0v) is 12.8. The van der Waals surface area contributed by atoms with Gasteiger partial charge in [-0.3, -0.25) is 0 Å². The Hall–Kier alpha value is -0.570. The number of benzene rings is 1.